The molecule has 0 aliphatic carbocycles. The van der Waals surface area contributed by atoms with Gasteiger partial charge in [-0.05, 0) is 53.6 Å². The molecular weight excluding hydrogens is 523 g/mol. The van der Waals surface area contributed by atoms with Crippen LogP contribution < -0.4 is 14.7 Å². The van der Waals surface area contributed by atoms with Crippen molar-refractivity contribution in [2.24, 2.45) is 5.92 Å². The lowest BCUT2D eigenvalue weighted by Crippen LogP contribution is -2.37. The van der Waals surface area contributed by atoms with E-state index in [2.05, 4.69) is 0 Å². The fourth-order valence-electron chi connectivity index (χ4n) is 4.98. The van der Waals surface area contributed by atoms with Gasteiger partial charge in [0, 0.05) is 10.0 Å². The van der Waals surface area contributed by atoms with Gasteiger partial charge >= 0.3 is 0 Å². The Balaban J connectivity index is 1.32. The van der Waals surface area contributed by atoms with Crippen LogP contribution in [0.2, 0.25) is 10.0 Å². The fourth-order valence-corrected chi connectivity index (χ4v) is 5.49. The number of amides is 2. The molecule has 2 amide bonds. The largest absolute Gasteiger partial charge is 0.489 e. The van der Waals surface area contributed by atoms with Crippen LogP contribution in [0.25, 0.3) is 0 Å². The third-order valence-electron chi connectivity index (χ3n) is 6.70. The summed E-state index contributed by atoms with van der Waals surface area (Å²) in [4.78, 5) is 34.6. The summed E-state index contributed by atoms with van der Waals surface area (Å²) in [6.45, 7) is 0.442. The van der Waals surface area contributed by atoms with Gasteiger partial charge in [-0.15, -0.1) is 0 Å². The van der Waals surface area contributed by atoms with E-state index in [4.69, 9.17) is 32.8 Å². The van der Waals surface area contributed by atoms with Crippen molar-refractivity contribution in [3.63, 3.8) is 0 Å². The molecule has 6 nitrogen and oxygen atoms in total. The van der Waals surface area contributed by atoms with Crippen molar-refractivity contribution in [1.82, 2.24) is 0 Å². The van der Waals surface area contributed by atoms with Gasteiger partial charge in [0.15, 0.2) is 6.10 Å². The second-order valence-electron chi connectivity index (χ2n) is 9.14. The monoisotopic (exact) mass is 544 g/mol. The van der Waals surface area contributed by atoms with Gasteiger partial charge < -0.3 is 4.74 Å². The lowest BCUT2D eigenvalue weighted by Gasteiger charge is -2.29. The lowest BCUT2D eigenvalue weighted by molar-refractivity contribution is -0.126. The Bertz CT molecular complexity index is 1460. The van der Waals surface area contributed by atoms with Gasteiger partial charge in [-0.1, -0.05) is 83.9 Å². The summed E-state index contributed by atoms with van der Waals surface area (Å²) in [5.74, 6) is -0.893. The van der Waals surface area contributed by atoms with Gasteiger partial charge in [0.1, 0.15) is 18.3 Å². The van der Waals surface area contributed by atoms with Crippen LogP contribution in [0.4, 0.5) is 11.4 Å². The molecule has 6 rings (SSSR count). The normalized spacial score (nSPS) is 20.6. The molecule has 0 aromatic heterocycles. The summed E-state index contributed by atoms with van der Waals surface area (Å²) in [6, 6.07) is 31.0. The number of fused-ring (bicyclic) bond motifs is 1. The first-order valence-electron chi connectivity index (χ1n) is 12.1. The number of carbonyl (C=O) groups excluding carboxylic acids is 2. The van der Waals surface area contributed by atoms with Crippen LogP contribution in [-0.4, -0.2) is 17.9 Å². The molecule has 3 atom stereocenters. The molecule has 0 bridgehead atoms. The maximum Gasteiger partial charge on any atom is 0.266 e. The Labute approximate surface area is 229 Å². The molecule has 2 aliphatic rings. The highest BCUT2D eigenvalue weighted by atomic mass is 35.5. The molecule has 38 heavy (non-hydrogen) atoms. The molecular formula is C30H22Cl2N2O4. The minimum Gasteiger partial charge on any atom is -0.489 e. The Kier molecular flexibility index (Phi) is 6.54. The first kappa shape index (κ1) is 24.5. The fraction of sp³-hybridized carbons (Fsp3) is 0.133. The van der Waals surface area contributed by atoms with Crippen molar-refractivity contribution in [2.45, 2.75) is 18.8 Å². The molecule has 190 valence electrons. The number of ether oxygens (including phenoxy) is 1. The number of para-hydroxylation sites is 1. The highest BCUT2D eigenvalue weighted by Gasteiger charge is 2.60. The van der Waals surface area contributed by atoms with Crippen LogP contribution in [0, 0.1) is 5.92 Å². The van der Waals surface area contributed by atoms with Crippen LogP contribution in [0.5, 0.6) is 5.75 Å². The predicted molar refractivity (Wildman–Crippen MR) is 146 cm³/mol. The zero-order chi connectivity index (χ0) is 26.2. The average Bonchev–Trinajstić information content (AvgIpc) is 3.44. The minimum atomic E-state index is -0.987. The van der Waals surface area contributed by atoms with Gasteiger partial charge in [-0.25, -0.2) is 9.96 Å². The van der Waals surface area contributed by atoms with Gasteiger partial charge in [0.2, 0.25) is 5.91 Å². The number of nitrogens with zero attached hydrogens (tertiary/aromatic N) is 2. The smallest absolute Gasteiger partial charge is 0.266 e. The number of imide groups is 1. The second kappa shape index (κ2) is 10.1. The zero-order valence-electron chi connectivity index (χ0n) is 20.0. The number of carbonyl (C=O) groups is 2. The molecule has 2 aliphatic heterocycles. The van der Waals surface area contributed by atoms with Crippen molar-refractivity contribution in [3.05, 3.63) is 124 Å². The molecule has 4 aromatic carbocycles. The standard InChI is InChI=1S/C30H22Cl2N2O4/c31-21-15-22(32)17-24(16-21)33-29(35)26-27(34(38-28(26)30(33)36)23-9-5-2-6-10-23)20-11-13-25(14-12-20)37-18-19-7-3-1-4-8-19/h1-17,26-28H,18H2/t26-,27-,28-/m0/s1. The van der Waals surface area contributed by atoms with E-state index in [-0.39, 0.29) is 5.91 Å². The quantitative estimate of drug-likeness (QED) is 0.255. The van der Waals surface area contributed by atoms with Crippen molar-refractivity contribution < 1.29 is 19.2 Å². The number of benzene rings is 4. The molecule has 2 saturated heterocycles. The zero-order valence-corrected chi connectivity index (χ0v) is 21.5. The molecule has 0 saturated carbocycles. The molecule has 0 spiro atoms. The van der Waals surface area contributed by atoms with Crippen LogP contribution in [0.15, 0.2) is 103 Å². The summed E-state index contributed by atoms with van der Waals surface area (Å²) in [7, 11) is 0. The highest BCUT2D eigenvalue weighted by Crippen LogP contribution is 2.48. The van der Waals surface area contributed by atoms with E-state index in [0.29, 0.717) is 28.1 Å². The summed E-state index contributed by atoms with van der Waals surface area (Å²) in [6.07, 6.45) is -0.987. The van der Waals surface area contributed by atoms with Crippen LogP contribution in [-0.2, 0) is 21.0 Å². The Hall–Kier alpha value is -3.84. The van der Waals surface area contributed by atoms with E-state index in [1.165, 1.54) is 0 Å². The number of halogens is 2. The number of hydrogen-bond acceptors (Lipinski definition) is 5. The third kappa shape index (κ3) is 4.52. The highest BCUT2D eigenvalue weighted by molar-refractivity contribution is 6.35. The van der Waals surface area contributed by atoms with Gasteiger partial charge in [-0.2, -0.15) is 0 Å². The molecule has 8 heteroatoms. The third-order valence-corrected chi connectivity index (χ3v) is 7.14. The van der Waals surface area contributed by atoms with Gasteiger partial charge in [-0.3, -0.25) is 14.4 Å². The van der Waals surface area contributed by atoms with Gasteiger partial charge in [0.05, 0.1) is 17.4 Å². The van der Waals surface area contributed by atoms with Crippen LogP contribution in [0.3, 0.4) is 0 Å². The molecule has 0 unspecified atom stereocenters. The predicted octanol–water partition coefficient (Wildman–Crippen LogP) is 6.62. The summed E-state index contributed by atoms with van der Waals surface area (Å²) < 4.78 is 5.94. The van der Waals surface area contributed by atoms with E-state index in [9.17, 15) is 9.59 Å². The molecule has 0 radical (unpaired) electrons. The van der Waals surface area contributed by atoms with Crippen molar-refractivity contribution in [1.29, 1.82) is 0 Å². The average molecular weight is 545 g/mol. The van der Waals surface area contributed by atoms with Gasteiger partial charge in [0.25, 0.3) is 5.91 Å². The number of hydrogen-bond donors (Lipinski definition) is 0. The summed E-state index contributed by atoms with van der Waals surface area (Å²) in [5, 5.41) is 2.33. The van der Waals surface area contributed by atoms with Crippen molar-refractivity contribution >= 4 is 46.4 Å². The summed E-state index contributed by atoms with van der Waals surface area (Å²) >= 11 is 12.3. The van der Waals surface area contributed by atoms with E-state index >= 15 is 0 Å². The number of rotatable bonds is 6. The van der Waals surface area contributed by atoms with Crippen molar-refractivity contribution in [2.75, 3.05) is 9.96 Å². The minimum absolute atomic E-state index is 0.324. The SMILES string of the molecule is O=C1[C@@H]2[C@H](ON(c3ccccc3)[C@H]2c2ccc(OCc3ccccc3)cc2)C(=O)N1c1cc(Cl)cc(Cl)c1. The molecule has 4 aromatic rings. The Morgan fingerprint density at radius 3 is 2.03 bits per heavy atom. The maximum absolute atomic E-state index is 13.8. The molecule has 2 heterocycles. The molecule has 2 fully saturated rings. The van der Waals surface area contributed by atoms with E-state index in [1.807, 2.05) is 84.9 Å². The van der Waals surface area contributed by atoms with Crippen molar-refractivity contribution in [3.8, 4) is 5.75 Å². The van der Waals surface area contributed by atoms with Crippen LogP contribution in [0.1, 0.15) is 17.2 Å². The first-order chi connectivity index (χ1) is 18.5. The van der Waals surface area contributed by atoms with E-state index in [1.54, 1.807) is 23.3 Å². The van der Waals surface area contributed by atoms with E-state index < -0.39 is 24.0 Å². The summed E-state index contributed by atoms with van der Waals surface area (Å²) in [5.41, 5.74) is 2.95. The maximum atomic E-state index is 13.8. The topological polar surface area (TPSA) is 59.1 Å². The molecule has 0 N–H and O–H groups in total. The lowest BCUT2D eigenvalue weighted by atomic mass is 9.90. The number of hydroxylamine groups is 1. The first-order valence-corrected chi connectivity index (χ1v) is 12.9. The Morgan fingerprint density at radius 1 is 0.737 bits per heavy atom. The van der Waals surface area contributed by atoms with E-state index in [0.717, 1.165) is 21.7 Å². The number of anilines is 2. The van der Waals surface area contributed by atoms with Crippen LogP contribution >= 0.6 is 23.2 Å². The Morgan fingerprint density at radius 2 is 1.37 bits per heavy atom. The second-order valence-corrected chi connectivity index (χ2v) is 10.0.